The van der Waals surface area contributed by atoms with Gasteiger partial charge in [0, 0.05) is 37.7 Å². The summed E-state index contributed by atoms with van der Waals surface area (Å²) < 4.78 is 3.69. The SMILES string of the molecule is Nc1nc(Cl)cc(-c2nc(CCc3nc(Cc4ccccc4)n(-c4cc(Cl)nc(N)n4)n3)cn2Cc2ccccc2)n1. The molecule has 4 aromatic heterocycles. The van der Waals surface area contributed by atoms with Gasteiger partial charge in [-0.1, -0.05) is 83.9 Å². The number of nitrogens with zero attached hydrogens (tertiary/aromatic N) is 9. The predicted octanol–water partition coefficient (Wildman–Crippen LogP) is 4.61. The van der Waals surface area contributed by atoms with Crippen molar-refractivity contribution in [1.82, 2.24) is 44.3 Å². The van der Waals surface area contributed by atoms with Crippen LogP contribution in [0.1, 0.15) is 28.5 Å². The van der Waals surface area contributed by atoms with Crippen LogP contribution in [0.3, 0.4) is 0 Å². The lowest BCUT2D eigenvalue weighted by atomic mass is 10.1. The molecule has 42 heavy (non-hydrogen) atoms. The number of nitrogen functional groups attached to an aromatic ring is 2. The highest BCUT2D eigenvalue weighted by Gasteiger charge is 2.18. The fraction of sp³-hybridized carbons (Fsp3) is 0.138. The van der Waals surface area contributed by atoms with Crippen molar-refractivity contribution in [2.45, 2.75) is 25.8 Å². The summed E-state index contributed by atoms with van der Waals surface area (Å²) in [4.78, 5) is 26.4. The quantitative estimate of drug-likeness (QED) is 0.227. The van der Waals surface area contributed by atoms with E-state index in [9.17, 15) is 0 Å². The maximum Gasteiger partial charge on any atom is 0.223 e. The Morgan fingerprint density at radius 1 is 0.690 bits per heavy atom. The Hall–Kier alpha value is -4.87. The Bertz CT molecular complexity index is 1660. The minimum Gasteiger partial charge on any atom is -0.368 e. The van der Waals surface area contributed by atoms with Gasteiger partial charge in [0.05, 0.1) is 5.69 Å². The van der Waals surface area contributed by atoms with Gasteiger partial charge in [0.1, 0.15) is 21.8 Å². The van der Waals surface area contributed by atoms with Crippen molar-refractivity contribution in [1.29, 1.82) is 0 Å². The van der Waals surface area contributed by atoms with Crippen LogP contribution in [0.2, 0.25) is 10.3 Å². The summed E-state index contributed by atoms with van der Waals surface area (Å²) >= 11 is 12.4. The number of benzene rings is 2. The van der Waals surface area contributed by atoms with E-state index in [0.717, 1.165) is 16.8 Å². The van der Waals surface area contributed by atoms with Crippen LogP contribution in [0.15, 0.2) is 79.0 Å². The van der Waals surface area contributed by atoms with Crippen molar-refractivity contribution < 1.29 is 0 Å². The highest BCUT2D eigenvalue weighted by atomic mass is 35.5. The van der Waals surface area contributed by atoms with Crippen molar-refractivity contribution in [3.05, 3.63) is 118 Å². The molecule has 0 radical (unpaired) electrons. The molecule has 4 heterocycles. The van der Waals surface area contributed by atoms with Crippen LogP contribution in [0.25, 0.3) is 17.3 Å². The van der Waals surface area contributed by atoms with E-state index >= 15 is 0 Å². The minimum absolute atomic E-state index is 0.0576. The normalized spacial score (nSPS) is 11.2. The van der Waals surface area contributed by atoms with Crippen molar-refractivity contribution >= 4 is 35.1 Å². The van der Waals surface area contributed by atoms with E-state index in [4.69, 9.17) is 49.7 Å². The number of rotatable bonds is 9. The molecule has 210 valence electrons. The molecule has 0 amide bonds. The first-order valence-electron chi connectivity index (χ1n) is 13.1. The maximum atomic E-state index is 6.19. The van der Waals surface area contributed by atoms with Gasteiger partial charge in [0.2, 0.25) is 11.9 Å². The monoisotopic (exact) mass is 597 g/mol. The van der Waals surface area contributed by atoms with E-state index in [0.29, 0.717) is 54.8 Å². The molecule has 6 aromatic rings. The fourth-order valence-electron chi connectivity index (χ4n) is 4.59. The van der Waals surface area contributed by atoms with Crippen LogP contribution in [0, 0.1) is 0 Å². The van der Waals surface area contributed by atoms with Gasteiger partial charge in [0.25, 0.3) is 0 Å². The number of aromatic nitrogens is 9. The molecule has 0 bridgehead atoms. The topological polar surface area (TPSA) is 152 Å². The highest BCUT2D eigenvalue weighted by molar-refractivity contribution is 6.30. The molecule has 6 rings (SSSR count). The smallest absolute Gasteiger partial charge is 0.223 e. The van der Waals surface area contributed by atoms with E-state index in [-0.39, 0.29) is 22.2 Å². The first-order valence-corrected chi connectivity index (χ1v) is 13.8. The molecule has 11 nitrogen and oxygen atoms in total. The molecule has 2 aromatic carbocycles. The van der Waals surface area contributed by atoms with Crippen molar-refractivity contribution in [3.8, 4) is 17.3 Å². The van der Waals surface area contributed by atoms with Crippen LogP contribution in [-0.4, -0.2) is 44.3 Å². The summed E-state index contributed by atoms with van der Waals surface area (Å²) in [5.74, 6) is 2.56. The molecule has 0 saturated heterocycles. The summed E-state index contributed by atoms with van der Waals surface area (Å²) in [6, 6.07) is 23.4. The van der Waals surface area contributed by atoms with Gasteiger partial charge in [0.15, 0.2) is 17.5 Å². The molecule has 0 fully saturated rings. The van der Waals surface area contributed by atoms with Gasteiger partial charge in [-0.3, -0.25) is 0 Å². The summed E-state index contributed by atoms with van der Waals surface area (Å²) in [5, 5.41) is 5.24. The second kappa shape index (κ2) is 11.9. The zero-order valence-electron chi connectivity index (χ0n) is 22.3. The van der Waals surface area contributed by atoms with E-state index in [2.05, 4.69) is 32.1 Å². The second-order valence-corrected chi connectivity index (χ2v) is 10.3. The zero-order chi connectivity index (χ0) is 29.1. The standard InChI is InChI=1S/C29H25Cl2N11/c30-22-14-21(35-28(32)36-22)27-34-20(17-41(27)16-19-9-5-2-6-10-19)11-12-24-38-25(13-18-7-3-1-4-8-18)42(40-24)26-15-23(31)37-29(33)39-26/h1-10,14-15,17H,11-13,16H2,(H2,32,35,36)(H2,33,37,39). The number of aryl methyl sites for hydroxylation is 2. The number of hydrogen-bond donors (Lipinski definition) is 2. The third kappa shape index (κ3) is 6.37. The second-order valence-electron chi connectivity index (χ2n) is 9.53. The van der Waals surface area contributed by atoms with Gasteiger partial charge in [-0.25, -0.2) is 24.9 Å². The molecule has 0 unspecified atom stereocenters. The molecule has 4 N–H and O–H groups in total. The first-order chi connectivity index (χ1) is 20.4. The molecular weight excluding hydrogens is 573 g/mol. The van der Waals surface area contributed by atoms with Crippen LogP contribution in [-0.2, 0) is 25.8 Å². The fourth-order valence-corrected chi connectivity index (χ4v) is 4.96. The molecule has 0 aliphatic heterocycles. The van der Waals surface area contributed by atoms with Crippen molar-refractivity contribution in [3.63, 3.8) is 0 Å². The molecule has 0 spiro atoms. The highest BCUT2D eigenvalue weighted by Crippen LogP contribution is 2.23. The predicted molar refractivity (Wildman–Crippen MR) is 161 cm³/mol. The van der Waals surface area contributed by atoms with Gasteiger partial charge < -0.3 is 16.0 Å². The molecule has 13 heteroatoms. The van der Waals surface area contributed by atoms with Crippen LogP contribution in [0.5, 0.6) is 0 Å². The lowest BCUT2D eigenvalue weighted by molar-refractivity contribution is 0.763. The zero-order valence-corrected chi connectivity index (χ0v) is 23.8. The Morgan fingerprint density at radius 2 is 1.36 bits per heavy atom. The average molecular weight is 599 g/mol. The summed E-state index contributed by atoms with van der Waals surface area (Å²) in [6.07, 6.45) is 3.64. The lowest BCUT2D eigenvalue weighted by Gasteiger charge is -2.08. The maximum absolute atomic E-state index is 6.19. The Morgan fingerprint density at radius 3 is 2.05 bits per heavy atom. The largest absolute Gasteiger partial charge is 0.368 e. The lowest BCUT2D eigenvalue weighted by Crippen LogP contribution is -2.08. The molecule has 0 saturated carbocycles. The Labute approximate surface area is 251 Å². The molecular formula is C29H25Cl2N11. The average Bonchev–Trinajstić information content (AvgIpc) is 3.56. The molecule has 0 aliphatic carbocycles. The van der Waals surface area contributed by atoms with Gasteiger partial charge in [-0.05, 0) is 17.5 Å². The third-order valence-corrected chi connectivity index (χ3v) is 6.79. The minimum atomic E-state index is 0.0576. The van der Waals surface area contributed by atoms with Crippen molar-refractivity contribution in [2.24, 2.45) is 0 Å². The first kappa shape index (κ1) is 27.3. The number of anilines is 2. The number of nitrogens with two attached hydrogens (primary N) is 2. The molecule has 0 aliphatic rings. The van der Waals surface area contributed by atoms with E-state index in [1.165, 1.54) is 0 Å². The van der Waals surface area contributed by atoms with Gasteiger partial charge in [-0.15, -0.1) is 5.10 Å². The summed E-state index contributed by atoms with van der Waals surface area (Å²) in [7, 11) is 0. The van der Waals surface area contributed by atoms with Gasteiger partial charge in [-0.2, -0.15) is 9.67 Å². The van der Waals surface area contributed by atoms with E-state index in [1.807, 2.05) is 59.3 Å². The third-order valence-electron chi connectivity index (χ3n) is 6.41. The van der Waals surface area contributed by atoms with Crippen LogP contribution >= 0.6 is 23.2 Å². The van der Waals surface area contributed by atoms with E-state index in [1.54, 1.807) is 16.8 Å². The van der Waals surface area contributed by atoms with Crippen LogP contribution < -0.4 is 11.5 Å². The number of imidazole rings is 1. The number of hydrogen-bond acceptors (Lipinski definition) is 9. The Kier molecular flexibility index (Phi) is 7.76. The summed E-state index contributed by atoms with van der Waals surface area (Å²) in [6.45, 7) is 0.592. The van der Waals surface area contributed by atoms with E-state index < -0.39 is 0 Å². The summed E-state index contributed by atoms with van der Waals surface area (Å²) in [5.41, 5.74) is 15.3. The van der Waals surface area contributed by atoms with Crippen LogP contribution in [0.4, 0.5) is 11.9 Å². The number of halogens is 2. The Balaban J connectivity index is 1.31. The van der Waals surface area contributed by atoms with Crippen molar-refractivity contribution in [2.75, 3.05) is 11.5 Å². The van der Waals surface area contributed by atoms with Gasteiger partial charge >= 0.3 is 0 Å². The molecule has 0 atom stereocenters.